The second-order valence-electron chi connectivity index (χ2n) is 10.4. The van der Waals surface area contributed by atoms with Crippen molar-refractivity contribution in [1.82, 2.24) is 0 Å². The third kappa shape index (κ3) is 7.14. The number of hydrogen-bond acceptors (Lipinski definition) is 5. The van der Waals surface area contributed by atoms with Crippen molar-refractivity contribution in [3.05, 3.63) is 24.3 Å². The van der Waals surface area contributed by atoms with Crippen LogP contribution in [-0.2, 0) is 14.2 Å². The van der Waals surface area contributed by atoms with Crippen LogP contribution in [0.2, 0.25) is 0 Å². The van der Waals surface area contributed by atoms with Gasteiger partial charge < -0.3 is 24.4 Å². The minimum atomic E-state index is 0.188. The standard InChI is InChI=1S/C27H46O5/c1-30-25-14-21(6-4-19-8-10-23(17-28)24(13-19)18-29)12-22(15-25)7-5-20-9-11-26(31-2)27(16-20)32-3/h4-7,19-29H,8-18H2,1-3H3/b6-4+,7-5+. The van der Waals surface area contributed by atoms with Crippen LogP contribution in [0.4, 0.5) is 0 Å². The van der Waals surface area contributed by atoms with Crippen molar-refractivity contribution >= 4 is 0 Å². The van der Waals surface area contributed by atoms with E-state index in [-0.39, 0.29) is 37.3 Å². The Hall–Kier alpha value is -0.720. The molecule has 0 aromatic heterocycles. The van der Waals surface area contributed by atoms with Gasteiger partial charge in [-0.2, -0.15) is 0 Å². The fraction of sp³-hybridized carbons (Fsp3) is 0.852. The molecule has 3 saturated carbocycles. The molecule has 3 rings (SSSR count). The molecule has 0 saturated heterocycles. The molecule has 0 spiro atoms. The normalized spacial score (nSPS) is 41.5. The maximum Gasteiger partial charge on any atom is 0.0838 e. The van der Waals surface area contributed by atoms with Gasteiger partial charge in [0, 0.05) is 34.5 Å². The van der Waals surface area contributed by atoms with Gasteiger partial charge in [0.15, 0.2) is 0 Å². The van der Waals surface area contributed by atoms with E-state index in [1.807, 2.05) is 7.11 Å². The first-order valence-electron chi connectivity index (χ1n) is 12.8. The topological polar surface area (TPSA) is 68.2 Å². The van der Waals surface area contributed by atoms with Gasteiger partial charge in [-0.25, -0.2) is 0 Å². The molecule has 3 aliphatic carbocycles. The van der Waals surface area contributed by atoms with Gasteiger partial charge >= 0.3 is 0 Å². The van der Waals surface area contributed by atoms with Gasteiger partial charge in [-0.3, -0.25) is 0 Å². The van der Waals surface area contributed by atoms with Gasteiger partial charge in [-0.1, -0.05) is 24.3 Å². The van der Waals surface area contributed by atoms with Crippen molar-refractivity contribution in [1.29, 1.82) is 0 Å². The Kier molecular flexibility index (Phi) is 10.7. The van der Waals surface area contributed by atoms with Crippen LogP contribution in [0.15, 0.2) is 24.3 Å². The van der Waals surface area contributed by atoms with E-state index in [0.717, 1.165) is 44.9 Å². The summed E-state index contributed by atoms with van der Waals surface area (Å²) in [5.41, 5.74) is 0. The smallest absolute Gasteiger partial charge is 0.0838 e. The minimum absolute atomic E-state index is 0.188. The summed E-state index contributed by atoms with van der Waals surface area (Å²) in [5, 5.41) is 19.2. The summed E-state index contributed by atoms with van der Waals surface area (Å²) in [4.78, 5) is 0. The Labute approximate surface area is 195 Å². The molecule has 32 heavy (non-hydrogen) atoms. The SMILES string of the molecule is COC1CC(/C=C/C2CCC(CO)C(CO)C2)CC(/C=C/C2CCC(OC)C(OC)C2)C1. The van der Waals surface area contributed by atoms with Gasteiger partial charge in [0.2, 0.25) is 0 Å². The van der Waals surface area contributed by atoms with E-state index in [1.165, 1.54) is 12.8 Å². The monoisotopic (exact) mass is 450 g/mol. The highest BCUT2D eigenvalue weighted by Gasteiger charge is 2.31. The summed E-state index contributed by atoms with van der Waals surface area (Å²) in [5.74, 6) is 2.70. The third-order valence-electron chi connectivity index (χ3n) is 8.41. The molecule has 0 aromatic carbocycles. The van der Waals surface area contributed by atoms with Crippen LogP contribution in [0.5, 0.6) is 0 Å². The molecule has 3 aliphatic rings. The highest BCUT2D eigenvalue weighted by Crippen LogP contribution is 2.37. The number of rotatable bonds is 9. The fourth-order valence-corrected chi connectivity index (χ4v) is 6.31. The molecule has 9 atom stereocenters. The maximum atomic E-state index is 9.68. The molecule has 5 nitrogen and oxygen atoms in total. The lowest BCUT2D eigenvalue weighted by atomic mass is 9.73. The van der Waals surface area contributed by atoms with Crippen molar-refractivity contribution in [2.45, 2.75) is 76.1 Å². The summed E-state index contributed by atoms with van der Waals surface area (Å²) in [6.07, 6.45) is 20.2. The summed E-state index contributed by atoms with van der Waals surface area (Å²) >= 11 is 0. The molecule has 2 N–H and O–H groups in total. The molecular weight excluding hydrogens is 404 g/mol. The lowest BCUT2D eigenvalue weighted by Crippen LogP contribution is -2.36. The third-order valence-corrected chi connectivity index (χ3v) is 8.41. The van der Waals surface area contributed by atoms with E-state index in [4.69, 9.17) is 14.2 Å². The van der Waals surface area contributed by atoms with Crippen molar-refractivity contribution in [2.24, 2.45) is 35.5 Å². The van der Waals surface area contributed by atoms with Gasteiger partial charge in [-0.15, -0.1) is 0 Å². The van der Waals surface area contributed by atoms with Crippen LogP contribution >= 0.6 is 0 Å². The second kappa shape index (κ2) is 13.2. The van der Waals surface area contributed by atoms with Crippen LogP contribution in [0.25, 0.3) is 0 Å². The molecular formula is C27H46O5. The predicted octanol–water partition coefficient (Wildman–Crippen LogP) is 4.38. The minimum Gasteiger partial charge on any atom is -0.396 e. The second-order valence-corrected chi connectivity index (χ2v) is 10.4. The molecule has 0 aliphatic heterocycles. The first-order chi connectivity index (χ1) is 15.6. The highest BCUT2D eigenvalue weighted by molar-refractivity contribution is 5.04. The number of ether oxygens (including phenoxy) is 3. The van der Waals surface area contributed by atoms with Gasteiger partial charge in [0.05, 0.1) is 18.3 Å². The Balaban J connectivity index is 1.54. The number of methoxy groups -OCH3 is 3. The first-order valence-corrected chi connectivity index (χ1v) is 12.8. The van der Waals surface area contributed by atoms with Crippen LogP contribution in [-0.4, -0.2) is 63.1 Å². The van der Waals surface area contributed by atoms with Crippen molar-refractivity contribution < 1.29 is 24.4 Å². The fourth-order valence-electron chi connectivity index (χ4n) is 6.31. The van der Waals surface area contributed by atoms with E-state index in [1.54, 1.807) is 14.2 Å². The predicted molar refractivity (Wildman–Crippen MR) is 127 cm³/mol. The van der Waals surface area contributed by atoms with Crippen molar-refractivity contribution in [3.8, 4) is 0 Å². The highest BCUT2D eigenvalue weighted by atomic mass is 16.5. The van der Waals surface area contributed by atoms with Crippen LogP contribution in [0.1, 0.15) is 57.8 Å². The van der Waals surface area contributed by atoms with E-state index >= 15 is 0 Å². The molecule has 5 heteroatoms. The lowest BCUT2D eigenvalue weighted by Gasteiger charge is -2.35. The maximum absolute atomic E-state index is 9.68. The van der Waals surface area contributed by atoms with Crippen LogP contribution < -0.4 is 0 Å². The molecule has 0 amide bonds. The Bertz CT molecular complexity index is 543. The van der Waals surface area contributed by atoms with E-state index < -0.39 is 0 Å². The van der Waals surface area contributed by atoms with Gasteiger partial charge in [0.1, 0.15) is 0 Å². The average molecular weight is 451 g/mol. The summed E-state index contributed by atoms with van der Waals surface area (Å²) in [6, 6.07) is 0. The number of allylic oxidation sites excluding steroid dienone is 4. The summed E-state index contributed by atoms with van der Waals surface area (Å²) in [7, 11) is 5.42. The van der Waals surface area contributed by atoms with Crippen LogP contribution in [0, 0.1) is 35.5 Å². The Morgan fingerprint density at radius 3 is 1.69 bits per heavy atom. The quantitative estimate of drug-likeness (QED) is 0.510. The number of hydrogen-bond donors (Lipinski definition) is 2. The zero-order valence-corrected chi connectivity index (χ0v) is 20.4. The zero-order chi connectivity index (χ0) is 22.9. The summed E-state index contributed by atoms with van der Waals surface area (Å²) in [6.45, 7) is 0.389. The Morgan fingerprint density at radius 1 is 0.562 bits per heavy atom. The molecule has 184 valence electrons. The molecule has 0 bridgehead atoms. The zero-order valence-electron chi connectivity index (χ0n) is 20.4. The molecule has 0 heterocycles. The van der Waals surface area contributed by atoms with E-state index in [9.17, 15) is 10.2 Å². The molecule has 0 radical (unpaired) electrons. The van der Waals surface area contributed by atoms with E-state index in [2.05, 4.69) is 24.3 Å². The van der Waals surface area contributed by atoms with E-state index in [0.29, 0.717) is 29.8 Å². The molecule has 3 fully saturated rings. The lowest BCUT2D eigenvalue weighted by molar-refractivity contribution is -0.0656. The summed E-state index contributed by atoms with van der Waals surface area (Å²) < 4.78 is 17.0. The van der Waals surface area contributed by atoms with Crippen molar-refractivity contribution in [2.75, 3.05) is 34.5 Å². The number of aliphatic hydroxyl groups excluding tert-OH is 2. The largest absolute Gasteiger partial charge is 0.396 e. The average Bonchev–Trinajstić information content (AvgIpc) is 2.85. The Morgan fingerprint density at radius 2 is 1.12 bits per heavy atom. The number of aliphatic hydroxyl groups is 2. The van der Waals surface area contributed by atoms with Gasteiger partial charge in [-0.05, 0) is 93.3 Å². The van der Waals surface area contributed by atoms with Crippen LogP contribution in [0.3, 0.4) is 0 Å². The molecule has 9 unspecified atom stereocenters. The van der Waals surface area contributed by atoms with Gasteiger partial charge in [0.25, 0.3) is 0 Å². The first kappa shape index (κ1) is 25.9. The van der Waals surface area contributed by atoms with Crippen molar-refractivity contribution in [3.63, 3.8) is 0 Å². The molecule has 0 aromatic rings.